The molecule has 0 bridgehead atoms. The quantitative estimate of drug-likeness (QED) is 0.638. The zero-order chi connectivity index (χ0) is 13.5. The number of carbonyl (C=O) groups excluding carboxylic acids is 2. The highest BCUT2D eigenvalue weighted by Crippen LogP contribution is 2.19. The van der Waals surface area contributed by atoms with Crippen molar-refractivity contribution >= 4 is 40.3 Å². The van der Waals surface area contributed by atoms with Gasteiger partial charge in [-0.25, -0.2) is 4.79 Å². The van der Waals surface area contributed by atoms with E-state index in [1.165, 1.54) is 0 Å². The van der Waals surface area contributed by atoms with Crippen LogP contribution in [-0.4, -0.2) is 25.2 Å². The average Bonchev–Trinajstić information content (AvgIpc) is 2.33. The van der Waals surface area contributed by atoms with E-state index in [-0.39, 0.29) is 6.54 Å². The molecule has 0 atom stereocenters. The summed E-state index contributed by atoms with van der Waals surface area (Å²) >= 11 is 2.19. The molecule has 0 spiro atoms. The van der Waals surface area contributed by atoms with Crippen LogP contribution in [0.15, 0.2) is 18.2 Å². The van der Waals surface area contributed by atoms with Crippen LogP contribution in [0.5, 0.6) is 0 Å². The first-order valence-corrected chi connectivity index (χ1v) is 6.58. The Morgan fingerprint density at radius 1 is 1.39 bits per heavy atom. The SMILES string of the molecule is CCOC(=O)CNC(=O)Nc1cccc(I)c1C. The van der Waals surface area contributed by atoms with Gasteiger partial charge in [0, 0.05) is 9.26 Å². The van der Waals surface area contributed by atoms with E-state index in [9.17, 15) is 9.59 Å². The number of rotatable bonds is 4. The van der Waals surface area contributed by atoms with Crippen molar-refractivity contribution in [3.63, 3.8) is 0 Å². The molecule has 0 saturated carbocycles. The van der Waals surface area contributed by atoms with Crippen LogP contribution in [0, 0.1) is 10.5 Å². The average molecular weight is 362 g/mol. The fraction of sp³-hybridized carbons (Fsp3) is 0.333. The number of halogens is 1. The summed E-state index contributed by atoms with van der Waals surface area (Å²) in [5.41, 5.74) is 1.72. The number of hydrogen-bond donors (Lipinski definition) is 2. The van der Waals surface area contributed by atoms with Gasteiger partial charge in [0.15, 0.2) is 0 Å². The lowest BCUT2D eigenvalue weighted by molar-refractivity contribution is -0.141. The number of urea groups is 1. The van der Waals surface area contributed by atoms with Gasteiger partial charge in [0.25, 0.3) is 0 Å². The lowest BCUT2D eigenvalue weighted by atomic mass is 10.2. The number of benzene rings is 1. The number of esters is 1. The Kier molecular flexibility index (Phi) is 5.90. The Balaban J connectivity index is 2.50. The van der Waals surface area contributed by atoms with E-state index in [2.05, 4.69) is 33.2 Å². The van der Waals surface area contributed by atoms with Crippen molar-refractivity contribution < 1.29 is 14.3 Å². The van der Waals surface area contributed by atoms with Crippen LogP contribution in [0.4, 0.5) is 10.5 Å². The van der Waals surface area contributed by atoms with Gasteiger partial charge in [-0.05, 0) is 54.1 Å². The van der Waals surface area contributed by atoms with Crippen molar-refractivity contribution in [2.75, 3.05) is 18.5 Å². The van der Waals surface area contributed by atoms with Crippen molar-refractivity contribution in [1.82, 2.24) is 5.32 Å². The van der Waals surface area contributed by atoms with Crippen LogP contribution in [0.25, 0.3) is 0 Å². The van der Waals surface area contributed by atoms with Gasteiger partial charge in [-0.1, -0.05) is 6.07 Å². The van der Waals surface area contributed by atoms with E-state index >= 15 is 0 Å². The lowest BCUT2D eigenvalue weighted by Gasteiger charge is -2.10. The highest BCUT2D eigenvalue weighted by Gasteiger charge is 2.08. The molecule has 0 radical (unpaired) electrons. The Bertz CT molecular complexity index is 449. The first-order valence-electron chi connectivity index (χ1n) is 5.50. The summed E-state index contributed by atoms with van der Waals surface area (Å²) in [5, 5.41) is 5.12. The summed E-state index contributed by atoms with van der Waals surface area (Å²) < 4.78 is 5.77. The smallest absolute Gasteiger partial charge is 0.325 e. The Morgan fingerprint density at radius 2 is 2.11 bits per heavy atom. The minimum atomic E-state index is -0.452. The predicted molar refractivity (Wildman–Crippen MR) is 77.6 cm³/mol. The molecule has 1 aromatic rings. The third-order valence-electron chi connectivity index (χ3n) is 2.21. The van der Waals surface area contributed by atoms with Gasteiger partial charge in [0.1, 0.15) is 6.54 Å². The largest absolute Gasteiger partial charge is 0.465 e. The molecule has 0 saturated heterocycles. The number of ether oxygens (including phenoxy) is 1. The summed E-state index contributed by atoms with van der Waals surface area (Å²) in [6.45, 7) is 3.80. The Hall–Kier alpha value is -1.31. The lowest BCUT2D eigenvalue weighted by Crippen LogP contribution is -2.34. The van der Waals surface area contributed by atoms with Crippen LogP contribution in [0.3, 0.4) is 0 Å². The van der Waals surface area contributed by atoms with Gasteiger partial charge in [-0.15, -0.1) is 0 Å². The molecule has 18 heavy (non-hydrogen) atoms. The summed E-state index contributed by atoms with van der Waals surface area (Å²) in [5.74, 6) is -0.452. The van der Waals surface area contributed by atoms with Gasteiger partial charge >= 0.3 is 12.0 Å². The summed E-state index contributed by atoms with van der Waals surface area (Å²) in [4.78, 5) is 22.6. The van der Waals surface area contributed by atoms with Crippen LogP contribution >= 0.6 is 22.6 Å². The van der Waals surface area contributed by atoms with Crippen molar-refractivity contribution in [3.8, 4) is 0 Å². The fourth-order valence-electron chi connectivity index (χ4n) is 1.27. The zero-order valence-corrected chi connectivity index (χ0v) is 12.4. The number of amides is 2. The topological polar surface area (TPSA) is 67.4 Å². The van der Waals surface area contributed by atoms with Crippen molar-refractivity contribution in [2.24, 2.45) is 0 Å². The molecule has 6 heteroatoms. The molecule has 0 fully saturated rings. The minimum Gasteiger partial charge on any atom is -0.465 e. The molecule has 1 rings (SSSR count). The van der Waals surface area contributed by atoms with E-state index in [0.29, 0.717) is 6.61 Å². The number of hydrogen-bond acceptors (Lipinski definition) is 3. The second-order valence-corrected chi connectivity index (χ2v) is 4.69. The second-order valence-electron chi connectivity index (χ2n) is 3.53. The summed E-state index contributed by atoms with van der Waals surface area (Å²) in [6, 6.07) is 5.20. The van der Waals surface area contributed by atoms with E-state index in [1.807, 2.05) is 19.1 Å². The van der Waals surface area contributed by atoms with Gasteiger partial charge < -0.3 is 15.4 Å². The molecule has 2 amide bonds. The van der Waals surface area contributed by atoms with E-state index in [0.717, 1.165) is 14.8 Å². The Labute approximate surface area is 119 Å². The van der Waals surface area contributed by atoms with Crippen LogP contribution in [0.1, 0.15) is 12.5 Å². The molecule has 0 aliphatic rings. The summed E-state index contributed by atoms with van der Waals surface area (Å²) in [7, 11) is 0. The van der Waals surface area contributed by atoms with Crippen molar-refractivity contribution in [1.29, 1.82) is 0 Å². The molecule has 0 aromatic heterocycles. The number of nitrogens with one attached hydrogen (secondary N) is 2. The molecule has 0 aliphatic carbocycles. The molecule has 1 aromatic carbocycles. The molecule has 0 heterocycles. The highest BCUT2D eigenvalue weighted by molar-refractivity contribution is 14.1. The van der Waals surface area contributed by atoms with E-state index < -0.39 is 12.0 Å². The van der Waals surface area contributed by atoms with E-state index in [1.54, 1.807) is 13.0 Å². The molecule has 5 nitrogen and oxygen atoms in total. The molecular weight excluding hydrogens is 347 g/mol. The minimum absolute atomic E-state index is 0.136. The monoisotopic (exact) mass is 362 g/mol. The van der Waals surface area contributed by atoms with Crippen molar-refractivity contribution in [2.45, 2.75) is 13.8 Å². The van der Waals surface area contributed by atoms with Gasteiger partial charge in [0.2, 0.25) is 0 Å². The standard InChI is InChI=1S/C12H15IN2O3/c1-3-18-11(16)7-14-12(17)15-10-6-4-5-9(13)8(10)2/h4-6H,3,7H2,1-2H3,(H2,14,15,17). The third kappa shape index (κ3) is 4.52. The van der Waals surface area contributed by atoms with Gasteiger partial charge in [-0.2, -0.15) is 0 Å². The maximum atomic E-state index is 11.6. The van der Waals surface area contributed by atoms with Gasteiger partial charge in [-0.3, -0.25) is 4.79 Å². The molecule has 0 unspecified atom stereocenters. The Morgan fingerprint density at radius 3 is 2.78 bits per heavy atom. The van der Waals surface area contributed by atoms with Crippen molar-refractivity contribution in [3.05, 3.63) is 27.3 Å². The first-order chi connectivity index (χ1) is 8.54. The zero-order valence-electron chi connectivity index (χ0n) is 10.2. The molecule has 0 aliphatic heterocycles. The molecule has 98 valence electrons. The first kappa shape index (κ1) is 14.7. The molecule has 2 N–H and O–H groups in total. The number of anilines is 1. The second kappa shape index (κ2) is 7.20. The third-order valence-corrected chi connectivity index (χ3v) is 3.38. The molecular formula is C12H15IN2O3. The maximum absolute atomic E-state index is 11.6. The van der Waals surface area contributed by atoms with Crippen LogP contribution in [0.2, 0.25) is 0 Å². The highest BCUT2D eigenvalue weighted by atomic mass is 127. The fourth-order valence-corrected chi connectivity index (χ4v) is 1.77. The van der Waals surface area contributed by atoms with Crippen LogP contribution < -0.4 is 10.6 Å². The van der Waals surface area contributed by atoms with Gasteiger partial charge in [0.05, 0.1) is 6.61 Å². The number of carbonyl (C=O) groups is 2. The normalized spacial score (nSPS) is 9.72. The maximum Gasteiger partial charge on any atom is 0.325 e. The summed E-state index contributed by atoms with van der Waals surface area (Å²) in [6.07, 6.45) is 0. The predicted octanol–water partition coefficient (Wildman–Crippen LogP) is 2.28. The van der Waals surface area contributed by atoms with E-state index in [4.69, 9.17) is 4.74 Å². The van der Waals surface area contributed by atoms with Crippen LogP contribution in [-0.2, 0) is 9.53 Å².